The van der Waals surface area contributed by atoms with E-state index in [2.05, 4.69) is 16.7 Å². The highest BCUT2D eigenvalue weighted by Gasteiger charge is 2.23. The van der Waals surface area contributed by atoms with Crippen molar-refractivity contribution in [2.75, 3.05) is 25.5 Å². The van der Waals surface area contributed by atoms with Crippen molar-refractivity contribution in [1.82, 2.24) is 10.2 Å². The predicted octanol–water partition coefficient (Wildman–Crippen LogP) is 0.902. The van der Waals surface area contributed by atoms with E-state index in [1.165, 1.54) is 0 Å². The van der Waals surface area contributed by atoms with E-state index in [-0.39, 0.29) is 24.9 Å². The number of rotatable bonds is 7. The molecular formula is C16H20N4O2. The molecule has 0 saturated heterocycles. The number of nitriles is 1. The number of likely N-dealkylation sites (N-methyl/N-ethyl adjacent to an activating group) is 1. The van der Waals surface area contributed by atoms with Gasteiger partial charge in [-0.2, -0.15) is 5.26 Å². The maximum absolute atomic E-state index is 11.9. The zero-order chi connectivity index (χ0) is 15.9. The van der Waals surface area contributed by atoms with Gasteiger partial charge < -0.3 is 10.6 Å². The highest BCUT2D eigenvalue weighted by molar-refractivity contribution is 5.92. The first-order chi connectivity index (χ1) is 10.6. The molecule has 1 aliphatic carbocycles. The SMILES string of the molecule is CN(CC(=O)Nc1ccc(CC#N)cc1)CC(=O)NC1CC1. The number of hydrogen-bond acceptors (Lipinski definition) is 4. The Kier molecular flexibility index (Phi) is 5.50. The molecule has 6 nitrogen and oxygen atoms in total. The van der Waals surface area contributed by atoms with Gasteiger partial charge in [0.15, 0.2) is 0 Å². The van der Waals surface area contributed by atoms with Crippen molar-refractivity contribution in [1.29, 1.82) is 5.26 Å². The van der Waals surface area contributed by atoms with Crippen LogP contribution in [-0.4, -0.2) is 42.9 Å². The van der Waals surface area contributed by atoms with Gasteiger partial charge in [0.1, 0.15) is 0 Å². The van der Waals surface area contributed by atoms with Crippen LogP contribution in [-0.2, 0) is 16.0 Å². The van der Waals surface area contributed by atoms with E-state index < -0.39 is 0 Å². The van der Waals surface area contributed by atoms with Crippen LogP contribution in [0.5, 0.6) is 0 Å². The molecule has 1 saturated carbocycles. The zero-order valence-electron chi connectivity index (χ0n) is 12.6. The molecule has 2 N–H and O–H groups in total. The molecule has 0 aliphatic heterocycles. The second-order valence-corrected chi connectivity index (χ2v) is 5.59. The highest BCUT2D eigenvalue weighted by Crippen LogP contribution is 2.18. The monoisotopic (exact) mass is 300 g/mol. The van der Waals surface area contributed by atoms with Crippen molar-refractivity contribution >= 4 is 17.5 Å². The summed E-state index contributed by atoms with van der Waals surface area (Å²) in [4.78, 5) is 25.2. The summed E-state index contributed by atoms with van der Waals surface area (Å²) in [5.41, 5.74) is 1.59. The van der Waals surface area contributed by atoms with Gasteiger partial charge in [0, 0.05) is 11.7 Å². The van der Waals surface area contributed by atoms with Crippen LogP contribution in [0.3, 0.4) is 0 Å². The van der Waals surface area contributed by atoms with Crippen molar-refractivity contribution in [3.8, 4) is 6.07 Å². The van der Waals surface area contributed by atoms with Crippen molar-refractivity contribution < 1.29 is 9.59 Å². The summed E-state index contributed by atoms with van der Waals surface area (Å²) < 4.78 is 0. The Bertz CT molecular complexity index is 573. The zero-order valence-corrected chi connectivity index (χ0v) is 12.6. The van der Waals surface area contributed by atoms with Gasteiger partial charge in [0.25, 0.3) is 0 Å². The Morgan fingerprint density at radius 2 is 1.86 bits per heavy atom. The van der Waals surface area contributed by atoms with Gasteiger partial charge in [-0.05, 0) is 37.6 Å². The lowest BCUT2D eigenvalue weighted by Gasteiger charge is -2.16. The van der Waals surface area contributed by atoms with Gasteiger partial charge in [-0.1, -0.05) is 12.1 Å². The van der Waals surface area contributed by atoms with Gasteiger partial charge in [0.05, 0.1) is 25.6 Å². The maximum atomic E-state index is 11.9. The third-order valence-electron chi connectivity index (χ3n) is 3.29. The number of amides is 2. The van der Waals surface area contributed by atoms with Crippen LogP contribution in [0, 0.1) is 11.3 Å². The Hall–Kier alpha value is -2.39. The first kappa shape index (κ1) is 16.0. The summed E-state index contributed by atoms with van der Waals surface area (Å²) in [5.74, 6) is -0.214. The van der Waals surface area contributed by atoms with Gasteiger partial charge in [-0.25, -0.2) is 0 Å². The van der Waals surface area contributed by atoms with Gasteiger partial charge in [-0.15, -0.1) is 0 Å². The van der Waals surface area contributed by atoms with E-state index >= 15 is 0 Å². The van der Waals surface area contributed by atoms with Gasteiger partial charge >= 0.3 is 0 Å². The number of carbonyl (C=O) groups is 2. The lowest BCUT2D eigenvalue weighted by molar-refractivity contribution is -0.123. The summed E-state index contributed by atoms with van der Waals surface area (Å²) in [5, 5.41) is 14.3. The number of nitrogens with zero attached hydrogens (tertiary/aromatic N) is 2. The summed E-state index contributed by atoms with van der Waals surface area (Å²) >= 11 is 0. The topological polar surface area (TPSA) is 85.2 Å². The molecule has 0 radical (unpaired) electrons. The average Bonchev–Trinajstić information content (AvgIpc) is 3.24. The molecule has 0 spiro atoms. The van der Waals surface area contributed by atoms with E-state index in [0.717, 1.165) is 18.4 Å². The molecule has 1 aromatic rings. The van der Waals surface area contributed by atoms with E-state index in [9.17, 15) is 9.59 Å². The van der Waals surface area contributed by atoms with Gasteiger partial charge in [-0.3, -0.25) is 14.5 Å². The van der Waals surface area contributed by atoms with Crippen LogP contribution in [0.1, 0.15) is 18.4 Å². The molecule has 0 heterocycles. The Labute approximate surface area is 130 Å². The minimum Gasteiger partial charge on any atom is -0.352 e. The Balaban J connectivity index is 1.74. The summed E-state index contributed by atoms with van der Waals surface area (Å²) in [6, 6.07) is 9.57. The Morgan fingerprint density at radius 1 is 1.23 bits per heavy atom. The largest absolute Gasteiger partial charge is 0.352 e. The number of carbonyl (C=O) groups excluding carboxylic acids is 2. The predicted molar refractivity (Wildman–Crippen MR) is 83.1 cm³/mol. The summed E-state index contributed by atoms with van der Waals surface area (Å²) in [7, 11) is 1.74. The molecule has 0 atom stereocenters. The molecular weight excluding hydrogens is 280 g/mol. The van der Waals surface area contributed by atoms with E-state index in [4.69, 9.17) is 5.26 Å². The van der Waals surface area contributed by atoms with E-state index in [1.807, 2.05) is 12.1 Å². The molecule has 0 aromatic heterocycles. The minimum atomic E-state index is -0.172. The van der Waals surface area contributed by atoms with Crippen molar-refractivity contribution in [2.45, 2.75) is 25.3 Å². The van der Waals surface area contributed by atoms with Crippen LogP contribution in [0.2, 0.25) is 0 Å². The molecule has 6 heteroatoms. The summed E-state index contributed by atoms with van der Waals surface area (Å²) in [6.07, 6.45) is 2.46. The quantitative estimate of drug-likeness (QED) is 0.783. The highest BCUT2D eigenvalue weighted by atomic mass is 16.2. The van der Waals surface area contributed by atoms with Crippen molar-refractivity contribution in [3.05, 3.63) is 29.8 Å². The van der Waals surface area contributed by atoms with Crippen molar-refractivity contribution in [2.24, 2.45) is 0 Å². The third kappa shape index (κ3) is 5.54. The maximum Gasteiger partial charge on any atom is 0.238 e. The molecule has 1 aromatic carbocycles. The minimum absolute atomic E-state index is 0.0429. The van der Waals surface area contributed by atoms with Crippen molar-refractivity contribution in [3.63, 3.8) is 0 Å². The average molecular weight is 300 g/mol. The number of hydrogen-bond donors (Lipinski definition) is 2. The molecule has 22 heavy (non-hydrogen) atoms. The fraction of sp³-hybridized carbons (Fsp3) is 0.438. The lowest BCUT2D eigenvalue weighted by Crippen LogP contribution is -2.39. The number of anilines is 1. The number of nitrogens with one attached hydrogen (secondary N) is 2. The molecule has 2 amide bonds. The second kappa shape index (κ2) is 7.57. The molecule has 0 bridgehead atoms. The molecule has 1 fully saturated rings. The second-order valence-electron chi connectivity index (χ2n) is 5.59. The third-order valence-corrected chi connectivity index (χ3v) is 3.29. The first-order valence-electron chi connectivity index (χ1n) is 7.30. The normalized spacial score (nSPS) is 13.5. The fourth-order valence-corrected chi connectivity index (χ4v) is 2.04. The molecule has 1 aliphatic rings. The van der Waals surface area contributed by atoms with Crippen LogP contribution in [0.15, 0.2) is 24.3 Å². The number of benzene rings is 1. The van der Waals surface area contributed by atoms with Crippen LogP contribution < -0.4 is 10.6 Å². The van der Waals surface area contributed by atoms with Crippen LogP contribution in [0.4, 0.5) is 5.69 Å². The fourth-order valence-electron chi connectivity index (χ4n) is 2.04. The standard InChI is InChI=1S/C16H20N4O2/c1-20(11-16(22)19-14-6-7-14)10-15(21)18-13-4-2-12(3-5-13)8-9-17/h2-5,14H,6-8,10-11H2,1H3,(H,18,21)(H,19,22). The van der Waals surface area contributed by atoms with E-state index in [0.29, 0.717) is 18.2 Å². The first-order valence-corrected chi connectivity index (χ1v) is 7.30. The van der Waals surface area contributed by atoms with Crippen LogP contribution in [0.25, 0.3) is 0 Å². The van der Waals surface area contributed by atoms with E-state index in [1.54, 1.807) is 24.1 Å². The summed E-state index contributed by atoms with van der Waals surface area (Å²) in [6.45, 7) is 0.364. The Morgan fingerprint density at radius 3 is 2.45 bits per heavy atom. The molecule has 116 valence electrons. The van der Waals surface area contributed by atoms with Crippen LogP contribution >= 0.6 is 0 Å². The lowest BCUT2D eigenvalue weighted by atomic mass is 10.1. The molecule has 0 unspecified atom stereocenters. The smallest absolute Gasteiger partial charge is 0.238 e. The molecule has 2 rings (SSSR count). The van der Waals surface area contributed by atoms with Gasteiger partial charge in [0.2, 0.25) is 11.8 Å².